The van der Waals surface area contributed by atoms with E-state index in [1.165, 1.54) is 57.8 Å². The molecule has 35 heavy (non-hydrogen) atoms. The highest BCUT2D eigenvalue weighted by Crippen LogP contribution is 2.21. The molecule has 2 saturated carbocycles. The van der Waals surface area contributed by atoms with Crippen LogP contribution in [0.2, 0.25) is 0 Å². The second kappa shape index (κ2) is 25.4. The van der Waals surface area contributed by atoms with Gasteiger partial charge >= 0.3 is 11.9 Å². The van der Waals surface area contributed by atoms with Gasteiger partial charge in [0.25, 0.3) is 0 Å². The lowest BCUT2D eigenvalue weighted by Crippen LogP contribution is -2.19. The molecule has 0 aromatic rings. The molecule has 0 unspecified atom stereocenters. The Balaban J connectivity index is 0. The molecular weight excluding hydrogens is 440 g/mol. The summed E-state index contributed by atoms with van der Waals surface area (Å²) in [5.74, 6) is -0.456. The van der Waals surface area contributed by atoms with Gasteiger partial charge in [0, 0.05) is 11.1 Å². The lowest BCUT2D eigenvalue weighted by molar-refractivity contribution is -0.145. The molecule has 0 aliphatic heterocycles. The summed E-state index contributed by atoms with van der Waals surface area (Å²) < 4.78 is 10.6. The highest BCUT2D eigenvalue weighted by molar-refractivity contribution is 5.87. The van der Waals surface area contributed by atoms with Crippen molar-refractivity contribution in [2.45, 2.75) is 123 Å². The summed E-state index contributed by atoms with van der Waals surface area (Å²) in [5.41, 5.74) is 1.01. The van der Waals surface area contributed by atoms with Gasteiger partial charge in [0.2, 0.25) is 0 Å². The fourth-order valence-electron chi connectivity index (χ4n) is 3.40. The highest BCUT2D eigenvalue weighted by Gasteiger charge is 2.17. The maximum absolute atomic E-state index is 11.3. The minimum atomic E-state index is -0.230. The van der Waals surface area contributed by atoms with E-state index in [0.29, 0.717) is 11.1 Å². The van der Waals surface area contributed by atoms with Crippen LogP contribution < -0.4 is 10.6 Å². The smallest absolute Gasteiger partial charge is 0.333 e. The van der Waals surface area contributed by atoms with Gasteiger partial charge in [0.1, 0.15) is 12.2 Å². The summed E-state index contributed by atoms with van der Waals surface area (Å²) >= 11 is 0. The highest BCUT2D eigenvalue weighted by atomic mass is 16.5. The van der Waals surface area contributed by atoms with Crippen molar-refractivity contribution in [2.75, 3.05) is 27.2 Å². The summed E-state index contributed by atoms with van der Waals surface area (Å²) in [4.78, 5) is 22.5. The van der Waals surface area contributed by atoms with E-state index in [9.17, 15) is 9.59 Å². The zero-order valence-electron chi connectivity index (χ0n) is 23.8. The van der Waals surface area contributed by atoms with Gasteiger partial charge in [-0.15, -0.1) is 0 Å². The van der Waals surface area contributed by atoms with Crippen molar-refractivity contribution in [1.82, 2.24) is 10.6 Å². The third-order valence-corrected chi connectivity index (χ3v) is 5.81. The minimum Gasteiger partial charge on any atom is -0.459 e. The Morgan fingerprint density at radius 1 is 0.629 bits per heavy atom. The number of rotatable bonds is 6. The summed E-state index contributed by atoms with van der Waals surface area (Å²) in [6, 6.07) is 0. The van der Waals surface area contributed by atoms with Crippen LogP contribution >= 0.6 is 0 Å². The SMILES string of the molecule is C=C(C)C(=O)OC1CCCCCC1.C=C(C)C(=O)OC1CCCCCCC1.CCNC.CCNC. The third kappa shape index (κ3) is 23.8. The van der Waals surface area contributed by atoms with E-state index < -0.39 is 0 Å². The molecule has 2 rings (SSSR count). The van der Waals surface area contributed by atoms with Gasteiger partial charge in [0.15, 0.2) is 0 Å². The number of esters is 2. The first kappa shape index (κ1) is 35.5. The molecule has 2 fully saturated rings. The minimum absolute atomic E-state index is 0.138. The van der Waals surface area contributed by atoms with Crippen LogP contribution in [0.1, 0.15) is 111 Å². The van der Waals surface area contributed by atoms with E-state index in [0.717, 1.165) is 38.8 Å². The van der Waals surface area contributed by atoms with Gasteiger partial charge in [-0.3, -0.25) is 0 Å². The predicted octanol–water partition coefficient (Wildman–Crippen LogP) is 6.50. The molecule has 0 bridgehead atoms. The van der Waals surface area contributed by atoms with Crippen LogP contribution in [0.3, 0.4) is 0 Å². The quantitative estimate of drug-likeness (QED) is 0.248. The number of nitrogens with one attached hydrogen (secondary N) is 2. The zero-order valence-corrected chi connectivity index (χ0v) is 23.8. The molecule has 6 nitrogen and oxygen atoms in total. The summed E-state index contributed by atoms with van der Waals surface area (Å²) in [6.07, 6.45) is 15.6. The van der Waals surface area contributed by atoms with Crippen molar-refractivity contribution >= 4 is 11.9 Å². The van der Waals surface area contributed by atoms with Crippen molar-refractivity contribution in [3.8, 4) is 0 Å². The van der Waals surface area contributed by atoms with Gasteiger partial charge in [-0.25, -0.2) is 9.59 Å². The van der Waals surface area contributed by atoms with Gasteiger partial charge in [-0.05, 0) is 92.4 Å². The molecule has 0 aromatic heterocycles. The fourth-order valence-corrected chi connectivity index (χ4v) is 3.40. The second-order valence-corrected chi connectivity index (χ2v) is 9.37. The van der Waals surface area contributed by atoms with Crippen LogP contribution in [0, 0.1) is 0 Å². The van der Waals surface area contributed by atoms with Crippen molar-refractivity contribution in [2.24, 2.45) is 0 Å². The molecular formula is C29H56N2O4. The van der Waals surface area contributed by atoms with Gasteiger partial charge in [0.05, 0.1) is 0 Å². The molecule has 2 aliphatic carbocycles. The Morgan fingerprint density at radius 3 is 1.06 bits per heavy atom. The average molecular weight is 497 g/mol. The monoisotopic (exact) mass is 496 g/mol. The molecule has 0 aromatic carbocycles. The molecule has 0 heterocycles. The molecule has 0 atom stereocenters. The van der Waals surface area contributed by atoms with E-state index >= 15 is 0 Å². The maximum Gasteiger partial charge on any atom is 0.333 e. The van der Waals surface area contributed by atoms with Crippen LogP contribution in [0.5, 0.6) is 0 Å². The Hall–Kier alpha value is -1.66. The number of hydrogen-bond donors (Lipinski definition) is 2. The van der Waals surface area contributed by atoms with Crippen LogP contribution in [0.4, 0.5) is 0 Å². The van der Waals surface area contributed by atoms with E-state index in [1.807, 2.05) is 14.1 Å². The average Bonchev–Trinajstić information content (AvgIpc) is 3.10. The number of hydrogen-bond acceptors (Lipinski definition) is 6. The topological polar surface area (TPSA) is 76.7 Å². The molecule has 0 radical (unpaired) electrons. The van der Waals surface area contributed by atoms with E-state index in [2.05, 4.69) is 37.6 Å². The van der Waals surface area contributed by atoms with Crippen molar-refractivity contribution in [3.63, 3.8) is 0 Å². The maximum atomic E-state index is 11.3. The van der Waals surface area contributed by atoms with Crippen LogP contribution in [0.15, 0.2) is 24.3 Å². The van der Waals surface area contributed by atoms with Crippen molar-refractivity contribution < 1.29 is 19.1 Å². The zero-order chi connectivity index (χ0) is 26.9. The van der Waals surface area contributed by atoms with E-state index in [1.54, 1.807) is 13.8 Å². The third-order valence-electron chi connectivity index (χ3n) is 5.81. The molecule has 6 heteroatoms. The molecule has 206 valence electrons. The first-order valence-electron chi connectivity index (χ1n) is 13.7. The fraction of sp³-hybridized carbons (Fsp3) is 0.793. The molecule has 0 spiro atoms. The Bertz CT molecular complexity index is 539. The Kier molecular flexibility index (Phi) is 25.8. The number of carbonyl (C=O) groups is 2. The first-order valence-corrected chi connectivity index (χ1v) is 13.7. The number of ether oxygens (including phenoxy) is 2. The summed E-state index contributed by atoms with van der Waals surface area (Å²) in [6.45, 7) is 16.8. The Morgan fingerprint density at radius 2 is 0.857 bits per heavy atom. The standard InChI is InChI=1S/C12H20O2.C11H18O2.2C3H9N/c1-10(2)12(13)14-11-8-6-4-3-5-7-9-11;1-9(2)11(12)13-10-7-5-3-4-6-8-10;2*1-3-4-2/h11H,1,3-9H2,2H3;10H,1,3-8H2,2H3;2*4H,3H2,1-2H3. The first-order chi connectivity index (χ1) is 16.7. The summed E-state index contributed by atoms with van der Waals surface area (Å²) in [7, 11) is 3.86. The molecule has 0 saturated heterocycles. The lowest BCUT2D eigenvalue weighted by atomic mass is 9.98. The molecule has 0 amide bonds. The van der Waals surface area contributed by atoms with Gasteiger partial charge in [-0.1, -0.05) is 59.1 Å². The molecule has 2 N–H and O–H groups in total. The van der Waals surface area contributed by atoms with Crippen LogP contribution in [-0.4, -0.2) is 51.3 Å². The molecule has 2 aliphatic rings. The number of carbonyl (C=O) groups excluding carboxylic acids is 2. The normalized spacial score (nSPS) is 16.6. The Labute approximate surface area is 216 Å². The van der Waals surface area contributed by atoms with Crippen LogP contribution in [0.25, 0.3) is 0 Å². The van der Waals surface area contributed by atoms with Crippen molar-refractivity contribution in [3.05, 3.63) is 24.3 Å². The van der Waals surface area contributed by atoms with Gasteiger partial charge in [-0.2, -0.15) is 0 Å². The van der Waals surface area contributed by atoms with E-state index in [4.69, 9.17) is 9.47 Å². The van der Waals surface area contributed by atoms with Crippen molar-refractivity contribution in [1.29, 1.82) is 0 Å². The predicted molar refractivity (Wildman–Crippen MR) is 149 cm³/mol. The second-order valence-electron chi connectivity index (χ2n) is 9.37. The van der Waals surface area contributed by atoms with E-state index in [-0.39, 0.29) is 24.1 Å². The van der Waals surface area contributed by atoms with Gasteiger partial charge < -0.3 is 20.1 Å². The lowest BCUT2D eigenvalue weighted by Gasteiger charge is -2.20. The van der Waals surface area contributed by atoms with Crippen LogP contribution in [-0.2, 0) is 19.1 Å². The largest absolute Gasteiger partial charge is 0.459 e. The summed E-state index contributed by atoms with van der Waals surface area (Å²) in [5, 5.41) is 5.86.